The van der Waals surface area contributed by atoms with Crippen LogP contribution < -0.4 is 5.32 Å². The highest BCUT2D eigenvalue weighted by Crippen LogP contribution is 2.18. The van der Waals surface area contributed by atoms with Gasteiger partial charge in [-0.05, 0) is 30.3 Å². The number of benzene rings is 2. The number of carbonyl (C=O) groups excluding carboxylic acids is 1. The molecule has 0 bridgehead atoms. The van der Waals surface area contributed by atoms with Gasteiger partial charge >= 0.3 is 0 Å². The van der Waals surface area contributed by atoms with Gasteiger partial charge in [0.1, 0.15) is 5.69 Å². The van der Waals surface area contributed by atoms with Gasteiger partial charge in [0.2, 0.25) is 0 Å². The van der Waals surface area contributed by atoms with E-state index in [1.807, 2.05) is 54.1 Å². The third-order valence-electron chi connectivity index (χ3n) is 3.66. The lowest BCUT2D eigenvalue weighted by Gasteiger charge is -2.06. The lowest BCUT2D eigenvalue weighted by molar-refractivity contribution is 0.102. The van der Waals surface area contributed by atoms with Crippen molar-refractivity contribution in [2.24, 2.45) is 7.05 Å². The summed E-state index contributed by atoms with van der Waals surface area (Å²) in [5, 5.41) is 2.85. The molecule has 1 N–H and O–H groups in total. The van der Waals surface area contributed by atoms with Gasteiger partial charge in [-0.15, -0.1) is 0 Å². The van der Waals surface area contributed by atoms with Crippen molar-refractivity contribution in [3.8, 4) is 0 Å². The monoisotopic (exact) mass is 303 g/mol. The van der Waals surface area contributed by atoms with Crippen molar-refractivity contribution in [1.29, 1.82) is 0 Å². The zero-order valence-corrected chi connectivity index (χ0v) is 12.4. The van der Waals surface area contributed by atoms with E-state index in [4.69, 9.17) is 0 Å². The fraction of sp³-hybridized carbons (Fsp3) is 0.0588. The first kappa shape index (κ1) is 13.4. The van der Waals surface area contributed by atoms with Crippen LogP contribution in [0.1, 0.15) is 10.5 Å². The molecule has 2 aromatic carbocycles. The average Bonchev–Trinajstić information content (AvgIpc) is 2.95. The van der Waals surface area contributed by atoms with Crippen LogP contribution in [-0.4, -0.2) is 25.4 Å². The van der Waals surface area contributed by atoms with Crippen molar-refractivity contribution in [3.05, 3.63) is 60.7 Å². The highest BCUT2D eigenvalue weighted by atomic mass is 16.1. The fourth-order valence-corrected chi connectivity index (χ4v) is 2.47. The number of aromatic nitrogens is 4. The van der Waals surface area contributed by atoms with E-state index < -0.39 is 0 Å². The van der Waals surface area contributed by atoms with Crippen LogP contribution in [0.2, 0.25) is 0 Å². The van der Waals surface area contributed by atoms with Crippen LogP contribution in [0.5, 0.6) is 0 Å². The van der Waals surface area contributed by atoms with Gasteiger partial charge < -0.3 is 9.88 Å². The first-order valence-electron chi connectivity index (χ1n) is 7.15. The number of hydrogen-bond donors (Lipinski definition) is 1. The van der Waals surface area contributed by atoms with Crippen molar-refractivity contribution >= 4 is 33.7 Å². The number of aryl methyl sites for hydroxylation is 1. The highest BCUT2D eigenvalue weighted by Gasteiger charge is 2.10. The molecule has 0 aliphatic rings. The molecule has 0 atom stereocenters. The van der Waals surface area contributed by atoms with Gasteiger partial charge in [0.25, 0.3) is 5.91 Å². The average molecular weight is 303 g/mol. The molecule has 4 aromatic rings. The van der Waals surface area contributed by atoms with Gasteiger partial charge in [0.05, 0.1) is 34.6 Å². The van der Waals surface area contributed by atoms with Crippen molar-refractivity contribution < 1.29 is 4.79 Å². The third-order valence-corrected chi connectivity index (χ3v) is 3.66. The van der Waals surface area contributed by atoms with E-state index in [-0.39, 0.29) is 11.6 Å². The van der Waals surface area contributed by atoms with E-state index in [0.29, 0.717) is 11.2 Å². The molecule has 1 amide bonds. The number of para-hydroxylation sites is 2. The molecule has 0 aliphatic heterocycles. The van der Waals surface area contributed by atoms with Crippen molar-refractivity contribution in [2.75, 3.05) is 5.32 Å². The number of fused-ring (bicyclic) bond motifs is 2. The number of hydrogen-bond acceptors (Lipinski definition) is 4. The van der Waals surface area contributed by atoms with Gasteiger partial charge in [0, 0.05) is 12.7 Å². The van der Waals surface area contributed by atoms with Crippen LogP contribution in [0, 0.1) is 0 Å². The lowest BCUT2D eigenvalue weighted by atomic mass is 10.2. The molecule has 2 aromatic heterocycles. The number of imidazole rings is 1. The van der Waals surface area contributed by atoms with Crippen molar-refractivity contribution in [2.45, 2.75) is 0 Å². The van der Waals surface area contributed by atoms with E-state index in [9.17, 15) is 4.79 Å². The predicted molar refractivity (Wildman–Crippen MR) is 88.2 cm³/mol. The highest BCUT2D eigenvalue weighted by molar-refractivity contribution is 6.04. The van der Waals surface area contributed by atoms with Gasteiger partial charge in [0.15, 0.2) is 0 Å². The van der Waals surface area contributed by atoms with E-state index >= 15 is 0 Å². The van der Waals surface area contributed by atoms with Crippen LogP contribution in [0.4, 0.5) is 5.69 Å². The molecule has 0 spiro atoms. The zero-order chi connectivity index (χ0) is 15.8. The Balaban J connectivity index is 1.65. The summed E-state index contributed by atoms with van der Waals surface area (Å²) in [5.41, 5.74) is 4.28. The molecule has 112 valence electrons. The summed E-state index contributed by atoms with van der Waals surface area (Å²) in [4.78, 5) is 25.3. The summed E-state index contributed by atoms with van der Waals surface area (Å²) < 4.78 is 1.90. The van der Waals surface area contributed by atoms with Crippen LogP contribution >= 0.6 is 0 Å². The van der Waals surface area contributed by atoms with Crippen LogP contribution in [0.3, 0.4) is 0 Å². The van der Waals surface area contributed by atoms with E-state index in [1.54, 1.807) is 6.33 Å². The summed E-state index contributed by atoms with van der Waals surface area (Å²) in [7, 11) is 1.91. The second-order valence-electron chi connectivity index (χ2n) is 5.26. The predicted octanol–water partition coefficient (Wildman–Crippen LogP) is 2.77. The number of anilines is 1. The number of rotatable bonds is 2. The normalized spacial score (nSPS) is 11.0. The van der Waals surface area contributed by atoms with Crippen LogP contribution in [-0.2, 0) is 7.05 Å². The zero-order valence-electron chi connectivity index (χ0n) is 12.4. The standard InChI is InChI=1S/C17H13N5O/c1-22-10-19-14-7-6-11(8-16(14)22)20-17(23)15-9-18-12-4-2-3-5-13(12)21-15/h2-10H,1H3,(H,20,23). The Hall–Kier alpha value is -3.28. The maximum absolute atomic E-state index is 12.4. The van der Waals surface area contributed by atoms with E-state index in [0.717, 1.165) is 16.6 Å². The molecule has 0 aliphatic carbocycles. The summed E-state index contributed by atoms with van der Waals surface area (Å²) in [6.45, 7) is 0. The summed E-state index contributed by atoms with van der Waals surface area (Å²) >= 11 is 0. The Morgan fingerprint density at radius 1 is 1.04 bits per heavy atom. The van der Waals surface area contributed by atoms with Gasteiger partial charge in [-0.2, -0.15) is 0 Å². The third kappa shape index (κ3) is 2.40. The Bertz CT molecular complexity index is 1040. The molecule has 0 radical (unpaired) electrons. The summed E-state index contributed by atoms with van der Waals surface area (Å²) in [5.74, 6) is -0.287. The topological polar surface area (TPSA) is 72.7 Å². The molecule has 6 heteroatoms. The molecule has 2 heterocycles. The Morgan fingerprint density at radius 3 is 2.74 bits per heavy atom. The fourth-order valence-electron chi connectivity index (χ4n) is 2.47. The molecule has 6 nitrogen and oxygen atoms in total. The molecule has 0 unspecified atom stereocenters. The molecule has 23 heavy (non-hydrogen) atoms. The van der Waals surface area contributed by atoms with Crippen LogP contribution in [0.15, 0.2) is 55.0 Å². The Kier molecular flexibility index (Phi) is 3.01. The molecule has 0 fully saturated rings. The Labute approximate surface area is 131 Å². The number of nitrogens with zero attached hydrogens (tertiary/aromatic N) is 4. The molecule has 4 rings (SSSR count). The largest absolute Gasteiger partial charge is 0.334 e. The number of nitrogens with one attached hydrogen (secondary N) is 1. The minimum Gasteiger partial charge on any atom is -0.334 e. The minimum atomic E-state index is -0.287. The summed E-state index contributed by atoms with van der Waals surface area (Å²) in [6, 6.07) is 13.0. The maximum Gasteiger partial charge on any atom is 0.275 e. The first-order chi connectivity index (χ1) is 11.2. The molecular weight excluding hydrogens is 290 g/mol. The number of amides is 1. The van der Waals surface area contributed by atoms with Gasteiger partial charge in [-0.25, -0.2) is 9.97 Å². The van der Waals surface area contributed by atoms with Gasteiger partial charge in [-0.3, -0.25) is 9.78 Å². The smallest absolute Gasteiger partial charge is 0.275 e. The maximum atomic E-state index is 12.4. The van der Waals surface area contributed by atoms with Crippen molar-refractivity contribution in [1.82, 2.24) is 19.5 Å². The van der Waals surface area contributed by atoms with Gasteiger partial charge in [-0.1, -0.05) is 12.1 Å². The number of carbonyl (C=O) groups is 1. The van der Waals surface area contributed by atoms with Crippen LogP contribution in [0.25, 0.3) is 22.1 Å². The minimum absolute atomic E-state index is 0.286. The van der Waals surface area contributed by atoms with E-state index in [1.165, 1.54) is 6.20 Å². The quantitative estimate of drug-likeness (QED) is 0.618. The Morgan fingerprint density at radius 2 is 1.87 bits per heavy atom. The second-order valence-corrected chi connectivity index (χ2v) is 5.26. The molecular formula is C17H13N5O. The van der Waals surface area contributed by atoms with Crippen molar-refractivity contribution in [3.63, 3.8) is 0 Å². The molecule has 0 saturated carbocycles. The SMILES string of the molecule is Cn1cnc2ccc(NC(=O)c3cnc4ccccc4n3)cc21. The second kappa shape index (κ2) is 5.17. The first-order valence-corrected chi connectivity index (χ1v) is 7.15. The van der Waals surface area contributed by atoms with E-state index in [2.05, 4.69) is 20.3 Å². The lowest BCUT2D eigenvalue weighted by Crippen LogP contribution is -2.14. The molecule has 0 saturated heterocycles. The summed E-state index contributed by atoms with van der Waals surface area (Å²) in [6.07, 6.45) is 3.23.